The second-order valence-electron chi connectivity index (χ2n) is 3.97. The Morgan fingerprint density at radius 2 is 1.65 bits per heavy atom. The zero-order chi connectivity index (χ0) is 13.3. The number of carbonyl (C=O) groups is 1. The lowest BCUT2D eigenvalue weighted by molar-refractivity contribution is -0.137. The van der Waals surface area contributed by atoms with Gasteiger partial charge in [0.1, 0.15) is 6.54 Å². The molecule has 0 rings (SSSR count). The van der Waals surface area contributed by atoms with Crippen molar-refractivity contribution in [2.75, 3.05) is 13.1 Å². The van der Waals surface area contributed by atoms with Gasteiger partial charge in [-0.1, -0.05) is 39.0 Å². The summed E-state index contributed by atoms with van der Waals surface area (Å²) >= 11 is 0. The van der Waals surface area contributed by atoms with E-state index in [4.69, 9.17) is 9.66 Å². The summed E-state index contributed by atoms with van der Waals surface area (Å²) in [5, 5.41) is 8.50. The van der Waals surface area contributed by atoms with Crippen LogP contribution in [-0.2, 0) is 15.1 Å². The number of nitrogens with zero attached hydrogens (tertiary/aromatic N) is 1. The molecule has 0 aromatic carbocycles. The number of carboxylic acids is 1. The van der Waals surface area contributed by atoms with Crippen LogP contribution in [0.5, 0.6) is 0 Å². The Labute approximate surface area is 103 Å². The molecule has 0 aliphatic rings. The van der Waals surface area contributed by atoms with Gasteiger partial charge in [-0.15, -0.1) is 0 Å². The highest BCUT2D eigenvalue weighted by Crippen LogP contribution is 2.07. The molecule has 17 heavy (non-hydrogen) atoms. The summed E-state index contributed by atoms with van der Waals surface area (Å²) in [6.07, 6.45) is 5.79. The number of carboxylic acid groups (broad SMARTS) is 1. The summed E-state index contributed by atoms with van der Waals surface area (Å²) in [6.45, 7) is 1.47. The van der Waals surface area contributed by atoms with Crippen LogP contribution < -0.4 is 0 Å². The quantitative estimate of drug-likeness (QED) is 0.462. The normalized spacial score (nSPS) is 11.9. The Morgan fingerprint density at radius 3 is 2.12 bits per heavy atom. The first-order valence-electron chi connectivity index (χ1n) is 5.82. The fraction of sp³-hybridized carbons (Fsp3) is 0.900. The van der Waals surface area contributed by atoms with Gasteiger partial charge in [0, 0.05) is 6.54 Å². The monoisotopic (exact) mass is 267 g/mol. The van der Waals surface area contributed by atoms with Crippen molar-refractivity contribution < 1.29 is 22.9 Å². The predicted molar refractivity (Wildman–Crippen MR) is 64.1 cm³/mol. The Balaban J connectivity index is 3.90. The summed E-state index contributed by atoms with van der Waals surface area (Å²) < 4.78 is 31.1. The highest BCUT2D eigenvalue weighted by Gasteiger charge is 2.20. The number of hydrogen-bond donors (Lipinski definition) is 2. The van der Waals surface area contributed by atoms with Crippen molar-refractivity contribution in [1.82, 2.24) is 4.31 Å². The van der Waals surface area contributed by atoms with E-state index < -0.39 is 22.8 Å². The van der Waals surface area contributed by atoms with Gasteiger partial charge in [-0.25, -0.2) is 0 Å². The second kappa shape index (κ2) is 8.43. The molecule has 0 spiro atoms. The van der Waals surface area contributed by atoms with E-state index in [0.29, 0.717) is 10.7 Å². The van der Waals surface area contributed by atoms with Crippen molar-refractivity contribution >= 4 is 16.3 Å². The van der Waals surface area contributed by atoms with Crippen molar-refractivity contribution in [1.29, 1.82) is 0 Å². The molecule has 0 radical (unpaired) electrons. The third-order valence-corrected chi connectivity index (χ3v) is 3.36. The van der Waals surface area contributed by atoms with Gasteiger partial charge in [-0.3, -0.25) is 9.35 Å². The van der Waals surface area contributed by atoms with Gasteiger partial charge in [0.15, 0.2) is 0 Å². The molecule has 0 fully saturated rings. The number of unbranched alkanes of at least 4 members (excludes halogenated alkanes) is 5. The zero-order valence-electron chi connectivity index (χ0n) is 10.1. The largest absolute Gasteiger partial charge is 0.480 e. The average Bonchev–Trinajstić information content (AvgIpc) is 2.19. The summed E-state index contributed by atoms with van der Waals surface area (Å²) in [5.74, 6) is -1.27. The lowest BCUT2D eigenvalue weighted by atomic mass is 10.1. The molecule has 0 bridgehead atoms. The first kappa shape index (κ1) is 16.3. The van der Waals surface area contributed by atoms with Gasteiger partial charge < -0.3 is 5.11 Å². The minimum Gasteiger partial charge on any atom is -0.480 e. The standard InChI is InChI=1S/C10H21NO5S/c1-2-3-4-5-6-7-8-11(9-10(12)13)17(14,15)16/h2-9H2,1H3,(H,12,13)(H,14,15,16). The number of hydrogen-bond acceptors (Lipinski definition) is 3. The van der Waals surface area contributed by atoms with Crippen molar-refractivity contribution in [2.24, 2.45) is 0 Å². The Bertz CT molecular complexity index is 315. The highest BCUT2D eigenvalue weighted by molar-refractivity contribution is 7.83. The molecule has 0 aromatic heterocycles. The van der Waals surface area contributed by atoms with E-state index in [1.165, 1.54) is 0 Å². The van der Waals surface area contributed by atoms with Crippen LogP contribution in [0.2, 0.25) is 0 Å². The maximum atomic E-state index is 10.9. The Kier molecular flexibility index (Phi) is 8.11. The summed E-state index contributed by atoms with van der Waals surface area (Å²) in [7, 11) is -4.40. The second-order valence-corrected chi connectivity index (χ2v) is 5.38. The molecule has 102 valence electrons. The molecular weight excluding hydrogens is 246 g/mol. The van der Waals surface area contributed by atoms with Crippen LogP contribution >= 0.6 is 0 Å². The van der Waals surface area contributed by atoms with Gasteiger partial charge in [0.2, 0.25) is 0 Å². The van der Waals surface area contributed by atoms with E-state index >= 15 is 0 Å². The number of rotatable bonds is 10. The number of aliphatic carboxylic acids is 1. The molecule has 6 nitrogen and oxygen atoms in total. The van der Waals surface area contributed by atoms with Crippen LogP contribution in [0, 0.1) is 0 Å². The van der Waals surface area contributed by atoms with Crippen LogP contribution in [0.3, 0.4) is 0 Å². The minimum absolute atomic E-state index is 0.0528. The third kappa shape index (κ3) is 9.08. The van der Waals surface area contributed by atoms with E-state index in [-0.39, 0.29) is 6.54 Å². The average molecular weight is 267 g/mol. The molecule has 0 saturated heterocycles. The summed E-state index contributed by atoms with van der Waals surface area (Å²) in [5.41, 5.74) is 0. The lowest BCUT2D eigenvalue weighted by Crippen LogP contribution is -2.35. The summed E-state index contributed by atoms with van der Waals surface area (Å²) in [4.78, 5) is 10.4. The Hall–Kier alpha value is -0.660. The van der Waals surface area contributed by atoms with Crippen LogP contribution in [0.15, 0.2) is 0 Å². The SMILES string of the molecule is CCCCCCCCN(CC(=O)O)S(=O)(=O)O. The lowest BCUT2D eigenvalue weighted by Gasteiger charge is -2.15. The van der Waals surface area contributed by atoms with Gasteiger partial charge in [-0.05, 0) is 6.42 Å². The molecule has 7 heteroatoms. The molecule has 0 aliphatic carbocycles. The van der Waals surface area contributed by atoms with E-state index in [9.17, 15) is 13.2 Å². The topological polar surface area (TPSA) is 94.9 Å². The van der Waals surface area contributed by atoms with Gasteiger partial charge >= 0.3 is 16.3 Å². The van der Waals surface area contributed by atoms with Crippen LogP contribution in [0.4, 0.5) is 0 Å². The molecule has 2 N–H and O–H groups in total. The Morgan fingerprint density at radius 1 is 1.12 bits per heavy atom. The first-order valence-corrected chi connectivity index (χ1v) is 7.22. The fourth-order valence-electron chi connectivity index (χ4n) is 1.50. The molecule has 0 amide bonds. The van der Waals surface area contributed by atoms with E-state index in [1.54, 1.807) is 0 Å². The maximum Gasteiger partial charge on any atom is 0.336 e. The molecule has 0 heterocycles. The van der Waals surface area contributed by atoms with Crippen LogP contribution in [0.25, 0.3) is 0 Å². The molecule has 0 atom stereocenters. The van der Waals surface area contributed by atoms with Crippen molar-refractivity contribution in [3.8, 4) is 0 Å². The molecular formula is C10H21NO5S. The smallest absolute Gasteiger partial charge is 0.336 e. The van der Waals surface area contributed by atoms with Gasteiger partial charge in [0.25, 0.3) is 0 Å². The van der Waals surface area contributed by atoms with Crippen molar-refractivity contribution in [3.63, 3.8) is 0 Å². The molecule has 0 aromatic rings. The van der Waals surface area contributed by atoms with Crippen LogP contribution in [-0.4, -0.2) is 41.4 Å². The zero-order valence-corrected chi connectivity index (χ0v) is 10.9. The molecule has 0 aliphatic heterocycles. The van der Waals surface area contributed by atoms with E-state index in [0.717, 1.165) is 32.1 Å². The first-order chi connectivity index (χ1) is 7.88. The van der Waals surface area contributed by atoms with Crippen molar-refractivity contribution in [2.45, 2.75) is 45.4 Å². The fourth-order valence-corrected chi connectivity index (χ4v) is 2.13. The maximum absolute atomic E-state index is 10.9. The van der Waals surface area contributed by atoms with E-state index in [2.05, 4.69) is 6.92 Å². The molecule has 0 saturated carbocycles. The third-order valence-electron chi connectivity index (χ3n) is 2.40. The van der Waals surface area contributed by atoms with Crippen LogP contribution in [0.1, 0.15) is 45.4 Å². The summed E-state index contributed by atoms with van der Waals surface area (Å²) in [6, 6.07) is 0. The highest BCUT2D eigenvalue weighted by atomic mass is 32.2. The van der Waals surface area contributed by atoms with Gasteiger partial charge in [-0.2, -0.15) is 12.7 Å². The molecule has 0 unspecified atom stereocenters. The minimum atomic E-state index is -4.40. The predicted octanol–water partition coefficient (Wildman–Crippen LogP) is 1.54. The van der Waals surface area contributed by atoms with Gasteiger partial charge in [0.05, 0.1) is 0 Å². The van der Waals surface area contributed by atoms with Crippen molar-refractivity contribution in [3.05, 3.63) is 0 Å². The van der Waals surface area contributed by atoms with E-state index in [1.807, 2.05) is 0 Å².